The van der Waals surface area contributed by atoms with Gasteiger partial charge in [-0.2, -0.15) is 0 Å². The summed E-state index contributed by atoms with van der Waals surface area (Å²) in [5.74, 6) is 0. The maximum atomic E-state index is 2.45. The molecule has 0 N–H and O–H groups in total. The molecule has 0 aliphatic heterocycles. The van der Waals surface area contributed by atoms with Crippen LogP contribution in [0.3, 0.4) is 0 Å². The molecule has 0 nitrogen and oxygen atoms in total. The average Bonchev–Trinajstić information content (AvgIpc) is 1.14. The van der Waals surface area contributed by atoms with Gasteiger partial charge < -0.3 is 0 Å². The summed E-state index contributed by atoms with van der Waals surface area (Å²) in [5, 5.41) is 0. The fourth-order valence-corrected chi connectivity index (χ4v) is 27.2. The summed E-state index contributed by atoms with van der Waals surface area (Å²) in [6.07, 6.45) is 0. The highest BCUT2D eigenvalue weighted by Crippen LogP contribution is 2.36. The molecule has 0 aromatic heterocycles. The molecule has 0 heterocycles. The van der Waals surface area contributed by atoms with E-state index in [1.165, 1.54) is 0 Å². The van der Waals surface area contributed by atoms with Crippen molar-refractivity contribution < 1.29 is 0 Å². The highest BCUT2D eigenvalue weighted by Gasteiger charge is 2.24. The Balaban J connectivity index is 3.75. The topological polar surface area (TPSA) is 0 Å². The van der Waals surface area contributed by atoms with Crippen molar-refractivity contribution in [1.82, 2.24) is 0 Å². The summed E-state index contributed by atoms with van der Waals surface area (Å²) in [7, 11) is 0.293. The first-order chi connectivity index (χ1) is 3.71. The molecule has 0 saturated heterocycles. The third-order valence-corrected chi connectivity index (χ3v) is 18.1. The zero-order chi connectivity index (χ0) is 7.71. The molecule has 0 amide bonds. The van der Waals surface area contributed by atoms with Crippen LogP contribution in [0.1, 0.15) is 0 Å². The number of hydrogen-bond acceptors (Lipinski definition) is 0. The van der Waals surface area contributed by atoms with Gasteiger partial charge in [0.25, 0.3) is 0 Å². The molecule has 1 radical (unpaired) electrons. The standard InChI is InChI=1S/C6H18PSi2/c1-8(2,3)7-9(4,5)6/h1-6H3. The van der Waals surface area contributed by atoms with Crippen molar-refractivity contribution in [3.63, 3.8) is 0 Å². The van der Waals surface area contributed by atoms with Crippen LogP contribution in [-0.2, 0) is 0 Å². The Morgan fingerprint density at radius 3 is 0.889 bits per heavy atom. The summed E-state index contributed by atoms with van der Waals surface area (Å²) in [5.41, 5.74) is 0. The van der Waals surface area contributed by atoms with Crippen molar-refractivity contribution in [3.8, 4) is 0 Å². The summed E-state index contributed by atoms with van der Waals surface area (Å²) < 4.78 is 0. The van der Waals surface area contributed by atoms with Crippen LogP contribution in [0, 0.1) is 0 Å². The Kier molecular flexibility index (Phi) is 3.13. The van der Waals surface area contributed by atoms with Gasteiger partial charge in [-0.3, -0.25) is 0 Å². The summed E-state index contributed by atoms with van der Waals surface area (Å²) in [6, 6.07) is 0. The van der Waals surface area contributed by atoms with Gasteiger partial charge in [0.1, 0.15) is 0 Å². The van der Waals surface area contributed by atoms with E-state index >= 15 is 0 Å². The third-order valence-electron chi connectivity index (χ3n) is 0.671. The second-order valence-corrected chi connectivity index (χ2v) is 24.1. The molecule has 0 saturated carbocycles. The molecule has 0 aromatic rings. The van der Waals surface area contributed by atoms with Gasteiger partial charge in [-0.25, -0.2) is 0 Å². The van der Waals surface area contributed by atoms with Crippen molar-refractivity contribution >= 4 is 23.2 Å². The molecular weight excluding hydrogens is 159 g/mol. The predicted octanol–water partition coefficient (Wildman–Crippen LogP) is 3.60. The summed E-state index contributed by atoms with van der Waals surface area (Å²) in [6.45, 7) is 14.7. The van der Waals surface area contributed by atoms with Crippen LogP contribution in [0.4, 0.5) is 0 Å². The summed E-state index contributed by atoms with van der Waals surface area (Å²) in [4.78, 5) is 0. The lowest BCUT2D eigenvalue weighted by molar-refractivity contribution is 1.84. The Morgan fingerprint density at radius 2 is 0.889 bits per heavy atom. The van der Waals surface area contributed by atoms with Gasteiger partial charge in [0.2, 0.25) is 0 Å². The quantitative estimate of drug-likeness (QED) is 0.446. The lowest BCUT2D eigenvalue weighted by atomic mass is 11.8. The van der Waals surface area contributed by atoms with E-state index in [-0.39, 0.29) is 0 Å². The zero-order valence-electron chi connectivity index (χ0n) is 7.45. The van der Waals surface area contributed by atoms with Crippen molar-refractivity contribution in [1.29, 1.82) is 0 Å². The lowest BCUT2D eigenvalue weighted by Gasteiger charge is -2.24. The molecule has 0 bridgehead atoms. The minimum Gasteiger partial charge on any atom is -0.113 e. The SMILES string of the molecule is C[Si](C)(C)[P][Si](C)(C)C. The van der Waals surface area contributed by atoms with Crippen LogP contribution >= 0.6 is 7.68 Å². The van der Waals surface area contributed by atoms with Crippen LogP contribution in [0.2, 0.25) is 39.3 Å². The monoisotopic (exact) mass is 177 g/mol. The van der Waals surface area contributed by atoms with Gasteiger partial charge in [0.15, 0.2) is 0 Å². The minimum atomic E-state index is -0.759. The largest absolute Gasteiger partial charge is 0.113 e. The van der Waals surface area contributed by atoms with E-state index in [0.717, 1.165) is 0 Å². The van der Waals surface area contributed by atoms with E-state index < -0.39 is 15.5 Å². The molecular formula is C6H18PSi2. The normalized spacial score (nSPS) is 14.0. The Hall–Kier alpha value is 0.864. The minimum absolute atomic E-state index is 0.759. The van der Waals surface area contributed by atoms with Crippen molar-refractivity contribution in [2.45, 2.75) is 39.3 Å². The Labute approximate surface area is 62.9 Å². The molecule has 0 rings (SSSR count). The van der Waals surface area contributed by atoms with Crippen LogP contribution < -0.4 is 0 Å². The van der Waals surface area contributed by atoms with Crippen LogP contribution in [0.15, 0.2) is 0 Å². The molecule has 0 unspecified atom stereocenters. The number of rotatable bonds is 2. The van der Waals surface area contributed by atoms with Crippen molar-refractivity contribution in [2.24, 2.45) is 0 Å². The molecule has 0 aliphatic rings. The Morgan fingerprint density at radius 1 is 0.667 bits per heavy atom. The first-order valence-corrected chi connectivity index (χ1v) is 13.0. The van der Waals surface area contributed by atoms with Gasteiger partial charge in [-0.05, 0) is 0 Å². The molecule has 0 aliphatic carbocycles. The van der Waals surface area contributed by atoms with E-state index in [0.29, 0.717) is 0 Å². The van der Waals surface area contributed by atoms with E-state index in [2.05, 4.69) is 39.3 Å². The smallest absolute Gasteiger partial charge is 0.0719 e. The van der Waals surface area contributed by atoms with E-state index in [1.807, 2.05) is 7.68 Å². The van der Waals surface area contributed by atoms with Gasteiger partial charge >= 0.3 is 0 Å². The van der Waals surface area contributed by atoms with Crippen LogP contribution in [0.25, 0.3) is 0 Å². The van der Waals surface area contributed by atoms with Crippen LogP contribution in [-0.4, -0.2) is 15.5 Å². The molecule has 9 heavy (non-hydrogen) atoms. The van der Waals surface area contributed by atoms with E-state index in [1.54, 1.807) is 0 Å². The summed E-state index contributed by atoms with van der Waals surface area (Å²) >= 11 is 0. The molecule has 0 aromatic carbocycles. The maximum Gasteiger partial charge on any atom is 0.0719 e. The average molecular weight is 177 g/mol. The van der Waals surface area contributed by atoms with Gasteiger partial charge in [-0.15, -0.1) is 7.68 Å². The molecule has 0 spiro atoms. The highest BCUT2D eigenvalue weighted by molar-refractivity contribution is 8.06. The molecule has 0 atom stereocenters. The lowest BCUT2D eigenvalue weighted by Crippen LogP contribution is -2.24. The second kappa shape index (κ2) is 2.85. The van der Waals surface area contributed by atoms with Crippen molar-refractivity contribution in [2.75, 3.05) is 0 Å². The van der Waals surface area contributed by atoms with E-state index in [9.17, 15) is 0 Å². The van der Waals surface area contributed by atoms with E-state index in [4.69, 9.17) is 0 Å². The fourth-order valence-electron chi connectivity index (χ4n) is 1.01. The fraction of sp³-hybridized carbons (Fsp3) is 1.00. The first-order valence-electron chi connectivity index (χ1n) is 3.45. The number of hydrogen-bond donors (Lipinski definition) is 0. The van der Waals surface area contributed by atoms with Crippen LogP contribution in [0.5, 0.6) is 0 Å². The predicted molar refractivity (Wildman–Crippen MR) is 53.6 cm³/mol. The Bertz CT molecular complexity index is 76.2. The zero-order valence-corrected chi connectivity index (χ0v) is 10.3. The molecule has 3 heteroatoms. The van der Waals surface area contributed by atoms with Gasteiger partial charge in [0.05, 0.1) is 15.5 Å². The van der Waals surface area contributed by atoms with Gasteiger partial charge in [0, 0.05) is 0 Å². The second-order valence-electron chi connectivity index (χ2n) is 4.45. The highest BCUT2D eigenvalue weighted by atomic mass is 31.6. The third kappa shape index (κ3) is 8.86. The maximum absolute atomic E-state index is 2.45. The molecule has 55 valence electrons. The van der Waals surface area contributed by atoms with Crippen molar-refractivity contribution in [3.05, 3.63) is 0 Å². The first kappa shape index (κ1) is 9.86. The van der Waals surface area contributed by atoms with Gasteiger partial charge in [-0.1, -0.05) is 39.3 Å². The molecule has 0 fully saturated rings.